The second-order valence-corrected chi connectivity index (χ2v) is 3.82. The van der Waals surface area contributed by atoms with Crippen molar-refractivity contribution >= 4 is 5.96 Å². The molecule has 0 radical (unpaired) electrons. The van der Waals surface area contributed by atoms with Crippen molar-refractivity contribution in [3.63, 3.8) is 0 Å². The Morgan fingerprint density at radius 2 is 2.33 bits per heavy atom. The molecule has 4 N–H and O–H groups in total. The summed E-state index contributed by atoms with van der Waals surface area (Å²) < 4.78 is 5.47. The molecule has 1 aliphatic carbocycles. The lowest BCUT2D eigenvalue weighted by Gasteiger charge is -2.09. The summed E-state index contributed by atoms with van der Waals surface area (Å²) in [7, 11) is 0. The quantitative estimate of drug-likeness (QED) is 0.186. The average molecular weight is 214 g/mol. The summed E-state index contributed by atoms with van der Waals surface area (Å²) in [6, 6.07) is 0. The first kappa shape index (κ1) is 12.3. The van der Waals surface area contributed by atoms with Crippen molar-refractivity contribution in [3.8, 4) is 0 Å². The van der Waals surface area contributed by atoms with Crippen LogP contribution in [0.3, 0.4) is 0 Å². The molecule has 0 aromatic rings. The van der Waals surface area contributed by atoms with Crippen molar-refractivity contribution in [2.24, 2.45) is 16.8 Å². The number of ether oxygens (including phenoxy) is 1. The monoisotopic (exact) mass is 214 g/mol. The molecule has 1 rings (SSSR count). The minimum absolute atomic E-state index is 0.645. The Kier molecular flexibility index (Phi) is 6.11. The second-order valence-electron chi connectivity index (χ2n) is 3.82. The van der Waals surface area contributed by atoms with Crippen molar-refractivity contribution in [1.82, 2.24) is 10.7 Å². The van der Waals surface area contributed by atoms with Crippen LogP contribution in [0.4, 0.5) is 0 Å². The second kappa shape index (κ2) is 7.48. The van der Waals surface area contributed by atoms with Crippen LogP contribution >= 0.6 is 0 Å². The van der Waals surface area contributed by atoms with Crippen LogP contribution in [0.1, 0.15) is 26.2 Å². The zero-order valence-electron chi connectivity index (χ0n) is 9.46. The molecule has 0 atom stereocenters. The van der Waals surface area contributed by atoms with Crippen LogP contribution in [0.5, 0.6) is 0 Å². The molecule has 0 unspecified atom stereocenters. The summed E-state index contributed by atoms with van der Waals surface area (Å²) in [5, 5.41) is 3.09. The molecule has 1 fully saturated rings. The third-order valence-corrected chi connectivity index (χ3v) is 2.22. The normalized spacial score (nSPS) is 16.5. The molecule has 0 bridgehead atoms. The molecular weight excluding hydrogens is 192 g/mol. The number of nitrogens with one attached hydrogen (secondary N) is 2. The number of hydrogen-bond donors (Lipinski definition) is 3. The highest BCUT2D eigenvalue weighted by molar-refractivity contribution is 5.79. The maximum absolute atomic E-state index is 5.47. The van der Waals surface area contributed by atoms with Gasteiger partial charge in [0.05, 0.1) is 6.61 Å². The molecule has 0 saturated heterocycles. The van der Waals surface area contributed by atoms with Gasteiger partial charge in [0.15, 0.2) is 0 Å². The lowest BCUT2D eigenvalue weighted by molar-refractivity contribution is 0.129. The van der Waals surface area contributed by atoms with Crippen molar-refractivity contribution in [2.75, 3.05) is 26.3 Å². The van der Waals surface area contributed by atoms with Crippen LogP contribution in [0.2, 0.25) is 0 Å². The van der Waals surface area contributed by atoms with E-state index >= 15 is 0 Å². The maximum atomic E-state index is 5.47. The van der Waals surface area contributed by atoms with Crippen molar-refractivity contribution in [2.45, 2.75) is 26.2 Å². The molecule has 0 heterocycles. The van der Waals surface area contributed by atoms with Crippen LogP contribution in [-0.2, 0) is 4.74 Å². The predicted molar refractivity (Wildman–Crippen MR) is 61.5 cm³/mol. The topological polar surface area (TPSA) is 71.7 Å². The number of nitrogens with two attached hydrogens (primary N) is 1. The molecule has 15 heavy (non-hydrogen) atoms. The van der Waals surface area contributed by atoms with E-state index in [2.05, 4.69) is 22.7 Å². The minimum atomic E-state index is 0.645. The van der Waals surface area contributed by atoms with Gasteiger partial charge in [0.1, 0.15) is 0 Å². The minimum Gasteiger partial charge on any atom is -0.379 e. The van der Waals surface area contributed by atoms with Gasteiger partial charge in [-0.2, -0.15) is 0 Å². The SMILES string of the molecule is CCCN=C(NN)NCCOCC1CC1. The van der Waals surface area contributed by atoms with Crippen molar-refractivity contribution in [1.29, 1.82) is 0 Å². The van der Waals surface area contributed by atoms with Crippen LogP contribution < -0.4 is 16.6 Å². The zero-order chi connectivity index (χ0) is 10.9. The van der Waals surface area contributed by atoms with Gasteiger partial charge in [-0.05, 0) is 25.2 Å². The first-order valence-electron chi connectivity index (χ1n) is 5.69. The fourth-order valence-corrected chi connectivity index (χ4v) is 1.15. The summed E-state index contributed by atoms with van der Waals surface area (Å²) >= 11 is 0. The summed E-state index contributed by atoms with van der Waals surface area (Å²) in [4.78, 5) is 4.22. The summed E-state index contributed by atoms with van der Waals surface area (Å²) in [6.45, 7) is 5.23. The van der Waals surface area contributed by atoms with Gasteiger partial charge in [0.25, 0.3) is 0 Å². The standard InChI is InChI=1S/C10H22N4O/c1-2-5-12-10(14-11)13-6-7-15-8-9-3-4-9/h9H,2-8,11H2,1H3,(H2,12,13,14). The van der Waals surface area contributed by atoms with Gasteiger partial charge in [-0.1, -0.05) is 6.92 Å². The number of aliphatic imine (C=N–C) groups is 1. The van der Waals surface area contributed by atoms with Gasteiger partial charge in [-0.25, -0.2) is 5.84 Å². The van der Waals surface area contributed by atoms with Crippen LogP contribution in [0.25, 0.3) is 0 Å². The molecule has 0 aliphatic heterocycles. The first-order valence-corrected chi connectivity index (χ1v) is 5.69. The Morgan fingerprint density at radius 3 is 2.93 bits per heavy atom. The van der Waals surface area contributed by atoms with Crippen LogP contribution in [-0.4, -0.2) is 32.3 Å². The third kappa shape index (κ3) is 6.30. The van der Waals surface area contributed by atoms with E-state index in [9.17, 15) is 0 Å². The lowest BCUT2D eigenvalue weighted by atomic mass is 10.5. The van der Waals surface area contributed by atoms with Crippen molar-refractivity contribution < 1.29 is 4.74 Å². The summed E-state index contributed by atoms with van der Waals surface area (Å²) in [6.07, 6.45) is 3.69. The van der Waals surface area contributed by atoms with Crippen molar-refractivity contribution in [3.05, 3.63) is 0 Å². The number of guanidine groups is 1. The highest BCUT2D eigenvalue weighted by Gasteiger charge is 2.20. The Hall–Kier alpha value is -0.810. The third-order valence-electron chi connectivity index (χ3n) is 2.22. The van der Waals surface area contributed by atoms with Crippen LogP contribution in [0.15, 0.2) is 4.99 Å². The molecule has 0 aromatic heterocycles. The Labute approximate surface area is 91.4 Å². The van der Waals surface area contributed by atoms with E-state index in [-0.39, 0.29) is 0 Å². The first-order chi connectivity index (χ1) is 7.36. The van der Waals surface area contributed by atoms with E-state index in [0.29, 0.717) is 12.6 Å². The zero-order valence-corrected chi connectivity index (χ0v) is 9.46. The molecule has 5 nitrogen and oxygen atoms in total. The molecule has 5 heteroatoms. The van der Waals surface area contributed by atoms with E-state index in [1.165, 1.54) is 12.8 Å². The van der Waals surface area contributed by atoms with E-state index < -0.39 is 0 Å². The molecule has 88 valence electrons. The van der Waals surface area contributed by atoms with Crippen LogP contribution in [0, 0.1) is 5.92 Å². The van der Waals surface area contributed by atoms with Gasteiger partial charge in [-0.3, -0.25) is 10.4 Å². The average Bonchev–Trinajstić information content (AvgIpc) is 3.06. The van der Waals surface area contributed by atoms with E-state index in [1.54, 1.807) is 0 Å². The highest BCUT2D eigenvalue weighted by Crippen LogP contribution is 2.28. The van der Waals surface area contributed by atoms with E-state index in [0.717, 1.165) is 32.0 Å². The maximum Gasteiger partial charge on any atom is 0.205 e. The molecule has 1 aliphatic rings. The molecule has 0 amide bonds. The molecule has 1 saturated carbocycles. The Balaban J connectivity index is 1.95. The number of hydrazine groups is 1. The smallest absolute Gasteiger partial charge is 0.205 e. The van der Waals surface area contributed by atoms with Gasteiger partial charge in [-0.15, -0.1) is 0 Å². The lowest BCUT2D eigenvalue weighted by Crippen LogP contribution is -2.43. The number of nitrogens with zero attached hydrogens (tertiary/aromatic N) is 1. The molecule has 0 aromatic carbocycles. The van der Waals surface area contributed by atoms with Gasteiger partial charge >= 0.3 is 0 Å². The highest BCUT2D eigenvalue weighted by atomic mass is 16.5. The van der Waals surface area contributed by atoms with E-state index in [1.807, 2.05) is 0 Å². The predicted octanol–water partition coefficient (Wildman–Crippen LogP) is 0.232. The van der Waals surface area contributed by atoms with Gasteiger partial charge < -0.3 is 10.1 Å². The molecule has 0 spiro atoms. The number of rotatable bonds is 7. The fraction of sp³-hybridized carbons (Fsp3) is 0.900. The Morgan fingerprint density at radius 1 is 1.53 bits per heavy atom. The summed E-state index contributed by atoms with van der Waals surface area (Å²) in [5.41, 5.74) is 2.53. The fourth-order valence-electron chi connectivity index (χ4n) is 1.15. The van der Waals surface area contributed by atoms with Gasteiger partial charge in [0.2, 0.25) is 5.96 Å². The summed E-state index contributed by atoms with van der Waals surface area (Å²) in [5.74, 6) is 6.77. The Bertz CT molecular complexity index is 192. The van der Waals surface area contributed by atoms with E-state index in [4.69, 9.17) is 10.6 Å². The van der Waals surface area contributed by atoms with Gasteiger partial charge in [0, 0.05) is 19.7 Å². The molecular formula is C10H22N4O. The largest absolute Gasteiger partial charge is 0.379 e. The number of hydrogen-bond acceptors (Lipinski definition) is 3.